The molecule has 8 nitrogen and oxygen atoms in total. The van der Waals surface area contributed by atoms with Crippen molar-refractivity contribution < 1.29 is 13.9 Å². The third-order valence-electron chi connectivity index (χ3n) is 4.58. The van der Waals surface area contributed by atoms with Crippen LogP contribution in [-0.2, 0) is 9.22 Å². The maximum absolute atomic E-state index is 13.8. The van der Waals surface area contributed by atoms with E-state index in [-0.39, 0.29) is 11.7 Å². The van der Waals surface area contributed by atoms with Gasteiger partial charge in [0.15, 0.2) is 0 Å². The summed E-state index contributed by atoms with van der Waals surface area (Å²) in [7, 11) is 0. The number of anilines is 5. The topological polar surface area (TPSA) is 101 Å². The van der Waals surface area contributed by atoms with Gasteiger partial charge in [-0.1, -0.05) is 34.7 Å². The molecule has 0 atom stereocenters. The van der Waals surface area contributed by atoms with E-state index in [1.54, 1.807) is 60.8 Å². The minimum Gasteiger partial charge on any atom is -0.447 e. The summed E-state index contributed by atoms with van der Waals surface area (Å²) in [6.45, 7) is 0. The number of nitrogens with zero attached hydrogens (tertiary/aromatic N) is 3. The number of benzene rings is 2. The fourth-order valence-corrected chi connectivity index (χ4v) is 3.57. The lowest BCUT2D eigenvalue weighted by molar-refractivity contribution is -0.112. The summed E-state index contributed by atoms with van der Waals surface area (Å²) in [5, 5.41) is 9.12. The predicted octanol–water partition coefficient (Wildman–Crippen LogP) is 5.96. The van der Waals surface area contributed by atoms with Gasteiger partial charge in [-0.05, 0) is 48.0 Å². The van der Waals surface area contributed by atoms with Crippen molar-refractivity contribution >= 4 is 57.2 Å². The highest BCUT2D eigenvalue weighted by Crippen LogP contribution is 2.23. The van der Waals surface area contributed by atoms with Crippen LogP contribution in [0.3, 0.4) is 0 Å². The average Bonchev–Trinajstić information content (AvgIpc) is 2.86. The first-order chi connectivity index (χ1) is 17.1. The predicted molar refractivity (Wildman–Crippen MR) is 142 cm³/mol. The zero-order valence-corrected chi connectivity index (χ0v) is 20.4. The van der Waals surface area contributed by atoms with Gasteiger partial charge in [0.25, 0.3) is 5.91 Å². The number of hydrogen-bond donors (Lipinski definition) is 3. The number of amides is 1. The van der Waals surface area contributed by atoms with Crippen LogP contribution in [0.5, 0.6) is 5.88 Å². The van der Waals surface area contributed by atoms with Crippen LogP contribution in [0.2, 0.25) is 0 Å². The molecule has 0 bridgehead atoms. The van der Waals surface area contributed by atoms with Gasteiger partial charge in [-0.25, -0.2) is 19.3 Å². The van der Waals surface area contributed by atoms with Crippen LogP contribution in [0.15, 0.2) is 91.6 Å². The van der Waals surface area contributed by atoms with E-state index in [0.29, 0.717) is 33.2 Å². The Labute approximate surface area is 214 Å². The van der Waals surface area contributed by atoms with E-state index in [2.05, 4.69) is 53.5 Å². The molecule has 0 radical (unpaired) electrons. The molecule has 0 saturated carbocycles. The van der Waals surface area contributed by atoms with Gasteiger partial charge in [-0.3, -0.25) is 4.79 Å². The number of ether oxygens (including phenoxy) is 1. The molecule has 0 aliphatic carbocycles. The van der Waals surface area contributed by atoms with Gasteiger partial charge < -0.3 is 20.7 Å². The normalized spacial score (nSPS) is 10.7. The number of rotatable bonds is 9. The molecule has 0 fully saturated rings. The molecule has 0 aliphatic heterocycles. The highest BCUT2D eigenvalue weighted by molar-refractivity contribution is 14.1. The molecule has 0 saturated heterocycles. The van der Waals surface area contributed by atoms with Crippen LogP contribution in [0.4, 0.5) is 33.1 Å². The van der Waals surface area contributed by atoms with Crippen LogP contribution >= 0.6 is 22.6 Å². The average molecular weight is 582 g/mol. The lowest BCUT2D eigenvalue weighted by Gasteiger charge is -2.11. The molecule has 3 N–H and O–H groups in total. The number of pyridine rings is 1. The van der Waals surface area contributed by atoms with Crippen molar-refractivity contribution in [3.8, 4) is 5.88 Å². The Morgan fingerprint density at radius 1 is 0.914 bits per heavy atom. The van der Waals surface area contributed by atoms with Gasteiger partial charge in [0.1, 0.15) is 23.8 Å². The number of halogens is 2. The van der Waals surface area contributed by atoms with Gasteiger partial charge in [0.05, 0.1) is 6.26 Å². The van der Waals surface area contributed by atoms with Crippen LogP contribution in [0.1, 0.15) is 5.56 Å². The second-order valence-electron chi connectivity index (χ2n) is 7.14. The molecule has 10 heteroatoms. The van der Waals surface area contributed by atoms with Crippen LogP contribution < -0.4 is 20.7 Å². The summed E-state index contributed by atoms with van der Waals surface area (Å²) in [5.41, 5.74) is 2.65. The molecule has 4 rings (SSSR count). The number of nitrogens with one attached hydrogen (secondary N) is 3. The van der Waals surface area contributed by atoms with Crippen LogP contribution in [-0.4, -0.2) is 20.9 Å². The van der Waals surface area contributed by atoms with Crippen molar-refractivity contribution in [2.75, 3.05) is 16.0 Å². The van der Waals surface area contributed by atoms with E-state index in [4.69, 9.17) is 4.74 Å². The van der Waals surface area contributed by atoms with Crippen LogP contribution in [0.25, 0.3) is 0 Å². The summed E-state index contributed by atoms with van der Waals surface area (Å²) >= 11 is 2.12. The lowest BCUT2D eigenvalue weighted by Crippen LogP contribution is -2.08. The molecule has 1 amide bonds. The Bertz CT molecular complexity index is 1340. The minimum atomic E-state index is -0.350. The Balaban J connectivity index is 1.37. The molecule has 2 aromatic carbocycles. The zero-order valence-electron chi connectivity index (χ0n) is 18.3. The number of hydrogen-bond acceptors (Lipinski definition) is 7. The lowest BCUT2D eigenvalue weighted by atomic mass is 10.2. The summed E-state index contributed by atoms with van der Waals surface area (Å²) in [5.74, 6) is 0.906. The van der Waals surface area contributed by atoms with E-state index < -0.39 is 0 Å². The van der Waals surface area contributed by atoms with Crippen molar-refractivity contribution in [1.82, 2.24) is 15.0 Å². The van der Waals surface area contributed by atoms with E-state index in [9.17, 15) is 9.18 Å². The molecule has 35 heavy (non-hydrogen) atoms. The Hall–Kier alpha value is -4.06. The molecular weight excluding hydrogens is 562 g/mol. The minimum absolute atomic E-state index is 0.238. The zero-order chi connectivity index (χ0) is 24.5. The summed E-state index contributed by atoms with van der Waals surface area (Å²) in [6.07, 6.45) is 5.57. The molecule has 0 aliphatic rings. The standard InChI is InChI=1S/C25H20FIN6O2/c26-21-8-7-20(12-17(21)15-27)32-23-14-22(29-16-30-23)31-18-4-3-5-19(13-18)33-24(34)9-11-35-25-6-1-2-10-28-25/h1-14,16H,15H2,(H,33,34)(H2,29,30,31,32)/b11-9+. The van der Waals surface area contributed by atoms with E-state index in [0.717, 1.165) is 11.4 Å². The number of alkyl halides is 1. The van der Waals surface area contributed by atoms with Gasteiger partial charge in [-0.2, -0.15) is 0 Å². The van der Waals surface area contributed by atoms with Crippen molar-refractivity contribution in [1.29, 1.82) is 0 Å². The fraction of sp³-hybridized carbons (Fsp3) is 0.0400. The van der Waals surface area contributed by atoms with E-state index in [1.807, 2.05) is 6.07 Å². The van der Waals surface area contributed by atoms with Crippen molar-refractivity contribution in [2.45, 2.75) is 4.43 Å². The Morgan fingerprint density at radius 3 is 2.43 bits per heavy atom. The number of carbonyl (C=O) groups excluding carboxylic acids is 1. The van der Waals surface area contributed by atoms with E-state index in [1.165, 1.54) is 24.7 Å². The first-order valence-electron chi connectivity index (χ1n) is 10.4. The molecule has 2 aromatic heterocycles. The monoisotopic (exact) mass is 582 g/mol. The summed E-state index contributed by atoms with van der Waals surface area (Å²) in [6, 6.07) is 19.0. The molecule has 2 heterocycles. The van der Waals surface area contributed by atoms with Gasteiger partial charge in [0, 0.05) is 45.9 Å². The Kier molecular flexibility index (Phi) is 8.17. The van der Waals surface area contributed by atoms with Gasteiger partial charge in [0.2, 0.25) is 5.88 Å². The van der Waals surface area contributed by atoms with Crippen molar-refractivity contribution in [3.63, 3.8) is 0 Å². The van der Waals surface area contributed by atoms with Crippen molar-refractivity contribution in [3.05, 3.63) is 103 Å². The van der Waals surface area contributed by atoms with Gasteiger partial charge >= 0.3 is 0 Å². The maximum Gasteiger partial charge on any atom is 0.251 e. The van der Waals surface area contributed by atoms with Gasteiger partial charge in [-0.15, -0.1) is 0 Å². The molecule has 4 aromatic rings. The molecule has 0 unspecified atom stereocenters. The molecule has 176 valence electrons. The van der Waals surface area contributed by atoms with E-state index >= 15 is 0 Å². The van der Waals surface area contributed by atoms with Crippen LogP contribution in [0, 0.1) is 5.82 Å². The fourth-order valence-electron chi connectivity index (χ4n) is 2.99. The summed E-state index contributed by atoms with van der Waals surface area (Å²) < 4.78 is 19.6. The Morgan fingerprint density at radius 2 is 1.69 bits per heavy atom. The van der Waals surface area contributed by atoms with Crippen molar-refractivity contribution in [2.24, 2.45) is 0 Å². The number of carbonyl (C=O) groups is 1. The largest absolute Gasteiger partial charge is 0.447 e. The maximum atomic E-state index is 13.8. The highest BCUT2D eigenvalue weighted by atomic mass is 127. The smallest absolute Gasteiger partial charge is 0.251 e. The quantitative estimate of drug-likeness (QED) is 0.0969. The second kappa shape index (κ2) is 11.9. The third-order valence-corrected chi connectivity index (χ3v) is 5.40. The number of aromatic nitrogens is 3. The first-order valence-corrected chi connectivity index (χ1v) is 12.0. The highest BCUT2D eigenvalue weighted by Gasteiger charge is 2.06. The third kappa shape index (κ3) is 7.21. The first kappa shape index (κ1) is 24.1. The summed E-state index contributed by atoms with van der Waals surface area (Å²) in [4.78, 5) is 24.7. The SMILES string of the molecule is O=C(/C=C/Oc1ccccn1)Nc1cccc(Nc2cc(Nc3ccc(F)c(CI)c3)ncn2)c1. The molecular formula is C25H20FIN6O2. The second-order valence-corrected chi connectivity index (χ2v) is 7.90. The molecule has 0 spiro atoms.